The summed E-state index contributed by atoms with van der Waals surface area (Å²) in [5.41, 5.74) is 3.72. The van der Waals surface area contributed by atoms with Gasteiger partial charge < -0.3 is 5.32 Å². The average Bonchev–Trinajstić information content (AvgIpc) is 3.04. The van der Waals surface area contributed by atoms with Crippen molar-refractivity contribution in [3.05, 3.63) is 65.7 Å². The van der Waals surface area contributed by atoms with Crippen LogP contribution in [0.5, 0.6) is 0 Å². The Hall–Kier alpha value is -2.33. The Labute approximate surface area is 162 Å². The van der Waals surface area contributed by atoms with Crippen LogP contribution in [0.1, 0.15) is 30.9 Å². The van der Waals surface area contributed by atoms with Gasteiger partial charge in [0.1, 0.15) is 0 Å². The Morgan fingerprint density at radius 3 is 2.52 bits per heavy atom. The quantitative estimate of drug-likeness (QED) is 0.889. The van der Waals surface area contributed by atoms with E-state index in [0.29, 0.717) is 5.92 Å². The van der Waals surface area contributed by atoms with E-state index in [9.17, 15) is 4.79 Å². The number of anilines is 1. The number of nitrogens with one attached hydrogen (secondary N) is 1. The van der Waals surface area contributed by atoms with E-state index >= 15 is 0 Å². The SMILES string of the molecule is CC1Cc2ccccc2N1C(=O)NCC1CCN(Cc2ccccc2)CC1. The van der Waals surface area contributed by atoms with Crippen molar-refractivity contribution in [3.63, 3.8) is 0 Å². The molecule has 4 heteroatoms. The zero-order chi connectivity index (χ0) is 18.6. The molecule has 0 aromatic heterocycles. The first kappa shape index (κ1) is 18.1. The molecule has 4 rings (SSSR count). The highest BCUT2D eigenvalue weighted by atomic mass is 16.2. The molecule has 1 atom stereocenters. The van der Waals surface area contributed by atoms with Crippen LogP contribution >= 0.6 is 0 Å². The van der Waals surface area contributed by atoms with Crippen LogP contribution in [0.25, 0.3) is 0 Å². The monoisotopic (exact) mass is 363 g/mol. The third-order valence-corrected chi connectivity index (χ3v) is 5.92. The first-order valence-corrected chi connectivity index (χ1v) is 10.1. The molecular weight excluding hydrogens is 334 g/mol. The summed E-state index contributed by atoms with van der Waals surface area (Å²) in [6.45, 7) is 6.16. The molecule has 0 aliphatic carbocycles. The number of nitrogens with zero attached hydrogens (tertiary/aromatic N) is 2. The van der Waals surface area contributed by atoms with Crippen molar-refractivity contribution < 1.29 is 4.79 Å². The molecule has 4 nitrogen and oxygen atoms in total. The lowest BCUT2D eigenvalue weighted by atomic mass is 9.96. The van der Waals surface area contributed by atoms with Gasteiger partial charge in [-0.2, -0.15) is 0 Å². The zero-order valence-corrected chi connectivity index (χ0v) is 16.1. The molecule has 27 heavy (non-hydrogen) atoms. The summed E-state index contributed by atoms with van der Waals surface area (Å²) in [5, 5.41) is 3.20. The van der Waals surface area contributed by atoms with Crippen molar-refractivity contribution in [3.8, 4) is 0 Å². The normalized spacial score (nSPS) is 20.5. The number of amides is 2. The summed E-state index contributed by atoms with van der Waals surface area (Å²) in [7, 11) is 0. The fraction of sp³-hybridized carbons (Fsp3) is 0.435. The van der Waals surface area contributed by atoms with Crippen molar-refractivity contribution in [2.45, 2.75) is 38.8 Å². The lowest BCUT2D eigenvalue weighted by molar-refractivity contribution is 0.175. The number of carbonyl (C=O) groups is 1. The van der Waals surface area contributed by atoms with Gasteiger partial charge in [0.25, 0.3) is 0 Å². The van der Waals surface area contributed by atoms with E-state index < -0.39 is 0 Å². The topological polar surface area (TPSA) is 35.6 Å². The Morgan fingerprint density at radius 1 is 1.04 bits per heavy atom. The van der Waals surface area contributed by atoms with E-state index in [0.717, 1.165) is 51.1 Å². The smallest absolute Gasteiger partial charge is 0.322 e. The highest BCUT2D eigenvalue weighted by molar-refractivity contribution is 5.94. The molecule has 2 aliphatic rings. The number of para-hydroxylation sites is 1. The molecule has 1 unspecified atom stereocenters. The fourth-order valence-corrected chi connectivity index (χ4v) is 4.38. The van der Waals surface area contributed by atoms with Crippen molar-refractivity contribution in [2.75, 3.05) is 24.5 Å². The predicted octanol–water partition coefficient (Wildman–Crippen LogP) is 4.06. The molecule has 2 amide bonds. The molecule has 0 spiro atoms. The highest BCUT2D eigenvalue weighted by Gasteiger charge is 2.31. The number of benzene rings is 2. The van der Waals surface area contributed by atoms with Gasteiger partial charge in [-0.3, -0.25) is 9.80 Å². The van der Waals surface area contributed by atoms with Crippen LogP contribution in [-0.2, 0) is 13.0 Å². The van der Waals surface area contributed by atoms with E-state index in [1.54, 1.807) is 0 Å². The number of rotatable bonds is 4. The number of hydrogen-bond acceptors (Lipinski definition) is 2. The Kier molecular flexibility index (Phi) is 5.44. The van der Waals surface area contributed by atoms with Crippen LogP contribution in [0.15, 0.2) is 54.6 Å². The summed E-state index contributed by atoms with van der Waals surface area (Å²) < 4.78 is 0. The van der Waals surface area contributed by atoms with E-state index in [4.69, 9.17) is 0 Å². The number of fused-ring (bicyclic) bond motifs is 1. The van der Waals surface area contributed by atoms with E-state index in [2.05, 4.69) is 65.7 Å². The number of piperidine rings is 1. The standard InChI is InChI=1S/C23H29N3O/c1-18-15-21-9-5-6-10-22(21)26(18)23(27)24-16-19-11-13-25(14-12-19)17-20-7-3-2-4-8-20/h2-10,18-19H,11-17H2,1H3,(H,24,27). The number of likely N-dealkylation sites (tertiary alicyclic amines) is 1. The van der Waals surface area contributed by atoms with Gasteiger partial charge in [0.05, 0.1) is 0 Å². The molecule has 1 N–H and O–H groups in total. The van der Waals surface area contributed by atoms with Crippen LogP contribution in [0.2, 0.25) is 0 Å². The minimum Gasteiger partial charge on any atom is -0.337 e. The third-order valence-electron chi connectivity index (χ3n) is 5.92. The zero-order valence-electron chi connectivity index (χ0n) is 16.1. The summed E-state index contributed by atoms with van der Waals surface area (Å²) in [4.78, 5) is 17.2. The predicted molar refractivity (Wildman–Crippen MR) is 110 cm³/mol. The van der Waals surface area contributed by atoms with Crippen LogP contribution in [0.3, 0.4) is 0 Å². The Bertz CT molecular complexity index is 768. The third kappa shape index (κ3) is 4.16. The van der Waals surface area contributed by atoms with Gasteiger partial charge in [0.2, 0.25) is 0 Å². The van der Waals surface area contributed by atoms with Gasteiger partial charge in [-0.15, -0.1) is 0 Å². The maximum atomic E-state index is 12.8. The number of urea groups is 1. The van der Waals surface area contributed by atoms with Crippen molar-refractivity contribution in [2.24, 2.45) is 5.92 Å². The summed E-state index contributed by atoms with van der Waals surface area (Å²) in [6.07, 6.45) is 3.25. The maximum absolute atomic E-state index is 12.8. The van der Waals surface area contributed by atoms with Crippen LogP contribution in [0, 0.1) is 5.92 Å². The molecule has 0 radical (unpaired) electrons. The second-order valence-electron chi connectivity index (χ2n) is 7.94. The van der Waals surface area contributed by atoms with Gasteiger partial charge in [-0.25, -0.2) is 4.79 Å². The molecule has 2 heterocycles. The molecule has 142 valence electrons. The molecule has 0 saturated carbocycles. The minimum atomic E-state index is 0.0548. The average molecular weight is 364 g/mol. The van der Waals surface area contributed by atoms with Crippen LogP contribution in [0.4, 0.5) is 10.5 Å². The fourth-order valence-electron chi connectivity index (χ4n) is 4.38. The summed E-state index contributed by atoms with van der Waals surface area (Å²) in [6, 6.07) is 19.2. The van der Waals surface area contributed by atoms with Crippen molar-refractivity contribution in [1.82, 2.24) is 10.2 Å². The van der Waals surface area contributed by atoms with Crippen molar-refractivity contribution >= 4 is 11.7 Å². The molecule has 0 bridgehead atoms. The summed E-state index contributed by atoms with van der Waals surface area (Å²) in [5.74, 6) is 0.578. The van der Waals surface area contributed by atoms with Crippen LogP contribution < -0.4 is 10.2 Å². The van der Waals surface area contributed by atoms with Gasteiger partial charge in [0.15, 0.2) is 0 Å². The van der Waals surface area contributed by atoms with Gasteiger partial charge in [-0.05, 0) is 62.4 Å². The van der Waals surface area contributed by atoms with E-state index in [-0.39, 0.29) is 12.1 Å². The number of hydrogen-bond donors (Lipinski definition) is 1. The largest absolute Gasteiger partial charge is 0.337 e. The first-order valence-electron chi connectivity index (χ1n) is 10.1. The number of carbonyl (C=O) groups excluding carboxylic acids is 1. The highest BCUT2D eigenvalue weighted by Crippen LogP contribution is 2.31. The second kappa shape index (κ2) is 8.13. The lowest BCUT2D eigenvalue weighted by Gasteiger charge is -2.32. The second-order valence-corrected chi connectivity index (χ2v) is 7.94. The van der Waals surface area contributed by atoms with Crippen LogP contribution in [-0.4, -0.2) is 36.6 Å². The first-order chi connectivity index (χ1) is 13.2. The minimum absolute atomic E-state index is 0.0548. The van der Waals surface area contributed by atoms with Gasteiger partial charge in [0, 0.05) is 24.8 Å². The molecular formula is C23H29N3O. The van der Waals surface area contributed by atoms with Gasteiger partial charge >= 0.3 is 6.03 Å². The van der Waals surface area contributed by atoms with Gasteiger partial charge in [-0.1, -0.05) is 48.5 Å². The molecule has 2 aliphatic heterocycles. The van der Waals surface area contributed by atoms with E-state index in [1.807, 2.05) is 11.0 Å². The Morgan fingerprint density at radius 2 is 1.74 bits per heavy atom. The molecule has 2 aromatic carbocycles. The maximum Gasteiger partial charge on any atom is 0.322 e. The Balaban J connectivity index is 1.25. The van der Waals surface area contributed by atoms with Crippen molar-refractivity contribution in [1.29, 1.82) is 0 Å². The summed E-state index contributed by atoms with van der Waals surface area (Å²) >= 11 is 0. The molecule has 2 aromatic rings. The molecule has 1 fully saturated rings. The van der Waals surface area contributed by atoms with E-state index in [1.165, 1.54) is 11.1 Å². The molecule has 1 saturated heterocycles. The lowest BCUT2D eigenvalue weighted by Crippen LogP contribution is -2.46.